The predicted octanol–water partition coefficient (Wildman–Crippen LogP) is 7.26. The minimum Gasteiger partial charge on any atom is -0.487 e. The second kappa shape index (κ2) is 8.81. The Morgan fingerprint density at radius 2 is 1.65 bits per heavy atom. The monoisotopic (exact) mass is 449 g/mol. The third-order valence-corrected chi connectivity index (χ3v) is 4.94. The standard InChI is InChI=1S/C21H18BrCl2NO/c1-14-2-4-15(5-3-14)13-26-21-16(10-18(23)11-20(21)24)12-25-19-8-6-17(22)7-9-19/h2-11,25H,12-13H2,1H3. The van der Waals surface area contributed by atoms with E-state index in [2.05, 4.69) is 52.4 Å². The zero-order chi connectivity index (χ0) is 18.5. The highest BCUT2D eigenvalue weighted by Gasteiger charge is 2.11. The molecule has 134 valence electrons. The summed E-state index contributed by atoms with van der Waals surface area (Å²) in [4.78, 5) is 0. The summed E-state index contributed by atoms with van der Waals surface area (Å²) in [5, 5.41) is 4.47. The lowest BCUT2D eigenvalue weighted by Crippen LogP contribution is -2.04. The maximum absolute atomic E-state index is 6.39. The van der Waals surface area contributed by atoms with E-state index in [0.29, 0.717) is 28.9 Å². The number of hydrogen-bond acceptors (Lipinski definition) is 2. The highest BCUT2D eigenvalue weighted by molar-refractivity contribution is 9.10. The molecule has 0 atom stereocenters. The fraction of sp³-hybridized carbons (Fsp3) is 0.143. The van der Waals surface area contributed by atoms with Crippen LogP contribution in [0.5, 0.6) is 5.75 Å². The van der Waals surface area contributed by atoms with E-state index in [1.807, 2.05) is 30.3 Å². The Bertz CT molecular complexity index is 880. The van der Waals surface area contributed by atoms with Gasteiger partial charge in [0.15, 0.2) is 0 Å². The Balaban J connectivity index is 1.75. The molecule has 0 unspecified atom stereocenters. The smallest absolute Gasteiger partial charge is 0.143 e. The van der Waals surface area contributed by atoms with Crippen LogP contribution in [0.2, 0.25) is 10.0 Å². The summed E-state index contributed by atoms with van der Waals surface area (Å²) in [5.74, 6) is 0.654. The number of ether oxygens (including phenoxy) is 1. The van der Waals surface area contributed by atoms with Crippen LogP contribution in [0.25, 0.3) is 0 Å². The first-order valence-electron chi connectivity index (χ1n) is 8.17. The SMILES string of the molecule is Cc1ccc(COc2c(Cl)cc(Cl)cc2CNc2ccc(Br)cc2)cc1. The van der Waals surface area contributed by atoms with Crippen LogP contribution in [0.1, 0.15) is 16.7 Å². The van der Waals surface area contributed by atoms with Crippen LogP contribution in [0.15, 0.2) is 65.1 Å². The van der Waals surface area contributed by atoms with Crippen molar-refractivity contribution in [2.75, 3.05) is 5.32 Å². The third kappa shape index (κ3) is 5.16. The molecular weight excluding hydrogens is 433 g/mol. The number of nitrogens with one attached hydrogen (secondary N) is 1. The lowest BCUT2D eigenvalue weighted by molar-refractivity contribution is 0.303. The summed E-state index contributed by atoms with van der Waals surface area (Å²) in [6.45, 7) is 3.07. The molecule has 5 heteroatoms. The van der Waals surface area contributed by atoms with Crippen LogP contribution >= 0.6 is 39.1 Å². The second-order valence-electron chi connectivity index (χ2n) is 6.01. The summed E-state index contributed by atoms with van der Waals surface area (Å²) < 4.78 is 7.06. The van der Waals surface area contributed by atoms with Gasteiger partial charge >= 0.3 is 0 Å². The lowest BCUT2D eigenvalue weighted by Gasteiger charge is -2.15. The van der Waals surface area contributed by atoms with Gasteiger partial charge in [-0.05, 0) is 48.9 Å². The summed E-state index contributed by atoms with van der Waals surface area (Å²) in [7, 11) is 0. The number of hydrogen-bond donors (Lipinski definition) is 1. The Labute approximate surface area is 172 Å². The second-order valence-corrected chi connectivity index (χ2v) is 7.77. The topological polar surface area (TPSA) is 21.3 Å². The molecule has 0 saturated carbocycles. The molecule has 0 aromatic heterocycles. The lowest BCUT2D eigenvalue weighted by atomic mass is 10.1. The number of aryl methyl sites for hydroxylation is 1. The van der Waals surface area contributed by atoms with Crippen molar-refractivity contribution in [3.8, 4) is 5.75 Å². The van der Waals surface area contributed by atoms with Gasteiger partial charge in [0.1, 0.15) is 12.4 Å². The van der Waals surface area contributed by atoms with Crippen molar-refractivity contribution in [1.82, 2.24) is 0 Å². The average molecular weight is 451 g/mol. The predicted molar refractivity (Wildman–Crippen MR) is 113 cm³/mol. The molecule has 0 aliphatic heterocycles. The van der Waals surface area contributed by atoms with E-state index in [-0.39, 0.29) is 0 Å². The van der Waals surface area contributed by atoms with Gasteiger partial charge in [-0.15, -0.1) is 0 Å². The molecule has 2 nitrogen and oxygen atoms in total. The minimum atomic E-state index is 0.451. The van der Waals surface area contributed by atoms with Gasteiger partial charge in [0.2, 0.25) is 0 Å². The minimum absolute atomic E-state index is 0.451. The van der Waals surface area contributed by atoms with Gasteiger partial charge in [-0.2, -0.15) is 0 Å². The molecular formula is C21H18BrCl2NO. The van der Waals surface area contributed by atoms with Crippen LogP contribution in [0.3, 0.4) is 0 Å². The third-order valence-electron chi connectivity index (χ3n) is 3.92. The van der Waals surface area contributed by atoms with Crippen LogP contribution in [-0.2, 0) is 13.2 Å². The van der Waals surface area contributed by atoms with Crippen molar-refractivity contribution in [1.29, 1.82) is 0 Å². The Hall–Kier alpha value is -1.68. The molecule has 0 amide bonds. The van der Waals surface area contributed by atoms with E-state index in [4.69, 9.17) is 27.9 Å². The summed E-state index contributed by atoms with van der Waals surface area (Å²) in [6, 6.07) is 19.8. The van der Waals surface area contributed by atoms with Gasteiger partial charge in [-0.3, -0.25) is 0 Å². The summed E-state index contributed by atoms with van der Waals surface area (Å²) in [6.07, 6.45) is 0. The van der Waals surface area contributed by atoms with Gasteiger partial charge < -0.3 is 10.1 Å². The zero-order valence-electron chi connectivity index (χ0n) is 14.2. The molecule has 26 heavy (non-hydrogen) atoms. The van der Waals surface area contributed by atoms with Gasteiger partial charge in [-0.25, -0.2) is 0 Å². The molecule has 1 N–H and O–H groups in total. The van der Waals surface area contributed by atoms with E-state index >= 15 is 0 Å². The van der Waals surface area contributed by atoms with Crippen molar-refractivity contribution < 1.29 is 4.74 Å². The molecule has 0 heterocycles. The largest absolute Gasteiger partial charge is 0.487 e. The molecule has 0 radical (unpaired) electrons. The van der Waals surface area contributed by atoms with Crippen molar-refractivity contribution in [3.05, 3.63) is 91.9 Å². The van der Waals surface area contributed by atoms with E-state index in [1.54, 1.807) is 6.07 Å². The quantitative estimate of drug-likeness (QED) is 0.426. The number of anilines is 1. The van der Waals surface area contributed by atoms with Crippen molar-refractivity contribution in [2.24, 2.45) is 0 Å². The number of benzene rings is 3. The van der Waals surface area contributed by atoms with E-state index in [9.17, 15) is 0 Å². The Morgan fingerprint density at radius 1 is 0.962 bits per heavy atom. The Kier molecular flexibility index (Phi) is 6.47. The first-order valence-corrected chi connectivity index (χ1v) is 9.72. The highest BCUT2D eigenvalue weighted by Crippen LogP contribution is 2.33. The van der Waals surface area contributed by atoms with E-state index < -0.39 is 0 Å². The average Bonchev–Trinajstić information content (AvgIpc) is 2.62. The van der Waals surface area contributed by atoms with Crippen molar-refractivity contribution in [3.63, 3.8) is 0 Å². The molecule has 0 saturated heterocycles. The Morgan fingerprint density at radius 3 is 2.35 bits per heavy atom. The molecule has 0 aliphatic carbocycles. The van der Waals surface area contributed by atoms with E-state index in [0.717, 1.165) is 21.3 Å². The van der Waals surface area contributed by atoms with Crippen LogP contribution in [0, 0.1) is 6.92 Å². The van der Waals surface area contributed by atoms with Crippen LogP contribution in [0.4, 0.5) is 5.69 Å². The molecule has 0 fully saturated rings. The maximum Gasteiger partial charge on any atom is 0.143 e. The zero-order valence-corrected chi connectivity index (χ0v) is 17.3. The van der Waals surface area contributed by atoms with Gasteiger partial charge in [0, 0.05) is 27.3 Å². The maximum atomic E-state index is 6.39. The number of rotatable bonds is 6. The molecule has 3 aromatic carbocycles. The van der Waals surface area contributed by atoms with Gasteiger partial charge in [0.25, 0.3) is 0 Å². The fourth-order valence-electron chi connectivity index (χ4n) is 2.51. The van der Waals surface area contributed by atoms with Crippen LogP contribution < -0.4 is 10.1 Å². The summed E-state index contributed by atoms with van der Waals surface area (Å²) in [5.41, 5.74) is 4.23. The molecule has 3 aromatic rings. The number of halogens is 3. The van der Waals surface area contributed by atoms with E-state index in [1.165, 1.54) is 5.56 Å². The fourth-order valence-corrected chi connectivity index (χ4v) is 3.37. The summed E-state index contributed by atoms with van der Waals surface area (Å²) >= 11 is 16.0. The first kappa shape index (κ1) is 19.1. The normalized spacial score (nSPS) is 10.6. The van der Waals surface area contributed by atoms with Crippen LogP contribution in [-0.4, -0.2) is 0 Å². The van der Waals surface area contributed by atoms with Gasteiger partial charge in [0.05, 0.1) is 5.02 Å². The first-order chi connectivity index (χ1) is 12.5. The molecule has 0 bridgehead atoms. The molecule has 3 rings (SSSR count). The van der Waals surface area contributed by atoms with Gasteiger partial charge in [-0.1, -0.05) is 69.0 Å². The molecule has 0 spiro atoms. The van der Waals surface area contributed by atoms with Crippen molar-refractivity contribution >= 4 is 44.8 Å². The molecule has 0 aliphatic rings. The van der Waals surface area contributed by atoms with Crippen molar-refractivity contribution in [2.45, 2.75) is 20.1 Å². The highest BCUT2D eigenvalue weighted by atomic mass is 79.9.